The SMILES string of the molecule is O=C(C1CCC(CC2Cc3nc(NC4CCC(O)CC4)ncc3NC2=Nc2c(F)cccc2F)CC1)N1CCC(N2CCCC2)CC1. The standard InChI is InChI=1S/C36H49F2N7O2/c37-29-4-3-5-30(38)33(29)43-34-25(21-31-32(41-34)22-39-36(42-31)40-26-10-12-28(46)13-11-26)20-23-6-8-24(9-7-23)35(47)45-18-14-27(15-19-45)44-16-1-2-17-44/h3-5,22-28,46H,1-2,6-21H2,(H,41,43)(H,39,40,42). The number of benzene rings is 1. The molecule has 2 saturated carbocycles. The van der Waals surface area contributed by atoms with E-state index in [2.05, 4.69) is 30.4 Å². The summed E-state index contributed by atoms with van der Waals surface area (Å²) in [7, 11) is 0. The van der Waals surface area contributed by atoms with Crippen LogP contribution in [-0.4, -0.2) is 81.0 Å². The van der Waals surface area contributed by atoms with Crippen molar-refractivity contribution in [2.75, 3.05) is 36.8 Å². The molecule has 4 fully saturated rings. The fourth-order valence-electron chi connectivity index (χ4n) is 8.61. The van der Waals surface area contributed by atoms with Gasteiger partial charge in [-0.2, -0.15) is 0 Å². The molecule has 1 unspecified atom stereocenters. The molecule has 0 radical (unpaired) electrons. The third-order valence-corrected chi connectivity index (χ3v) is 11.4. The number of amides is 1. The second-order valence-corrected chi connectivity index (χ2v) is 14.6. The van der Waals surface area contributed by atoms with E-state index in [0.717, 1.165) is 89.4 Å². The van der Waals surface area contributed by atoms with Crippen LogP contribution in [-0.2, 0) is 11.2 Å². The maximum atomic E-state index is 14.7. The lowest BCUT2D eigenvalue weighted by atomic mass is 9.76. The number of carbonyl (C=O) groups excluding carboxylic acids is 1. The number of anilines is 2. The minimum Gasteiger partial charge on any atom is -0.393 e. The monoisotopic (exact) mass is 649 g/mol. The van der Waals surface area contributed by atoms with Gasteiger partial charge in [0.2, 0.25) is 11.9 Å². The van der Waals surface area contributed by atoms with Crippen LogP contribution < -0.4 is 10.6 Å². The molecule has 2 aromatic rings. The van der Waals surface area contributed by atoms with E-state index < -0.39 is 11.6 Å². The van der Waals surface area contributed by atoms with Gasteiger partial charge < -0.3 is 25.5 Å². The molecule has 2 saturated heterocycles. The van der Waals surface area contributed by atoms with Crippen molar-refractivity contribution in [3.8, 4) is 0 Å². The Morgan fingerprint density at radius 2 is 1.66 bits per heavy atom. The molecule has 9 nitrogen and oxygen atoms in total. The molecule has 0 spiro atoms. The van der Waals surface area contributed by atoms with E-state index in [4.69, 9.17) is 4.98 Å². The second-order valence-electron chi connectivity index (χ2n) is 14.6. The Balaban J connectivity index is 1.01. The van der Waals surface area contributed by atoms with Gasteiger partial charge in [-0.1, -0.05) is 6.07 Å². The van der Waals surface area contributed by atoms with Crippen molar-refractivity contribution in [3.05, 3.63) is 41.7 Å². The molecule has 2 aliphatic carbocycles. The fourth-order valence-corrected chi connectivity index (χ4v) is 8.61. The van der Waals surface area contributed by atoms with Gasteiger partial charge in [-0.15, -0.1) is 0 Å². The number of likely N-dealkylation sites (tertiary alicyclic amines) is 2. The molecule has 1 atom stereocenters. The summed E-state index contributed by atoms with van der Waals surface area (Å²) in [6, 6.07) is 4.66. The Morgan fingerprint density at radius 1 is 0.957 bits per heavy atom. The Hall–Kier alpha value is -3.18. The summed E-state index contributed by atoms with van der Waals surface area (Å²) in [5, 5.41) is 16.7. The lowest BCUT2D eigenvalue weighted by Gasteiger charge is -2.39. The normalized spacial score (nSPS) is 29.8. The number of rotatable bonds is 7. The van der Waals surface area contributed by atoms with E-state index in [0.29, 0.717) is 41.8 Å². The van der Waals surface area contributed by atoms with Crippen LogP contribution in [0.4, 0.5) is 26.1 Å². The van der Waals surface area contributed by atoms with E-state index in [1.807, 2.05) is 0 Å². The molecule has 5 aliphatic rings. The number of aliphatic hydroxyl groups excluding tert-OH is 1. The number of nitrogens with one attached hydrogen (secondary N) is 2. The maximum Gasteiger partial charge on any atom is 0.225 e. The third kappa shape index (κ3) is 7.61. The molecule has 1 aromatic carbocycles. The minimum absolute atomic E-state index is 0.0858. The van der Waals surface area contributed by atoms with Crippen molar-refractivity contribution in [3.63, 3.8) is 0 Å². The molecule has 4 heterocycles. The van der Waals surface area contributed by atoms with Crippen molar-refractivity contribution in [1.29, 1.82) is 0 Å². The second kappa shape index (κ2) is 14.5. The zero-order chi connectivity index (χ0) is 32.3. The van der Waals surface area contributed by atoms with Crippen LogP contribution in [0.15, 0.2) is 29.4 Å². The smallest absolute Gasteiger partial charge is 0.225 e. The van der Waals surface area contributed by atoms with Crippen LogP contribution in [0.2, 0.25) is 0 Å². The molecule has 1 aromatic heterocycles. The highest BCUT2D eigenvalue weighted by atomic mass is 19.1. The molecule has 7 rings (SSSR count). The Labute approximate surface area is 276 Å². The summed E-state index contributed by atoms with van der Waals surface area (Å²) in [6.45, 7) is 4.18. The predicted molar refractivity (Wildman–Crippen MR) is 179 cm³/mol. The number of piperidine rings is 1. The number of carbonyl (C=O) groups is 1. The molecule has 47 heavy (non-hydrogen) atoms. The van der Waals surface area contributed by atoms with Crippen molar-refractivity contribution in [2.24, 2.45) is 22.7 Å². The van der Waals surface area contributed by atoms with Gasteiger partial charge >= 0.3 is 0 Å². The molecular formula is C36H49F2N7O2. The largest absolute Gasteiger partial charge is 0.393 e. The maximum absolute atomic E-state index is 14.7. The van der Waals surface area contributed by atoms with Crippen molar-refractivity contribution < 1.29 is 18.7 Å². The number of para-hydroxylation sites is 1. The van der Waals surface area contributed by atoms with Gasteiger partial charge in [0.15, 0.2) is 11.6 Å². The number of nitrogens with zero attached hydrogens (tertiary/aromatic N) is 5. The van der Waals surface area contributed by atoms with Crippen molar-refractivity contribution in [1.82, 2.24) is 19.8 Å². The molecule has 1 amide bonds. The van der Waals surface area contributed by atoms with Gasteiger partial charge in [0, 0.05) is 43.4 Å². The number of amidine groups is 1. The average molecular weight is 650 g/mol. The molecule has 3 aliphatic heterocycles. The first-order chi connectivity index (χ1) is 22.9. The number of halogens is 2. The Morgan fingerprint density at radius 3 is 2.36 bits per heavy atom. The van der Waals surface area contributed by atoms with Crippen LogP contribution in [0.5, 0.6) is 0 Å². The van der Waals surface area contributed by atoms with Crippen LogP contribution in [0.25, 0.3) is 0 Å². The van der Waals surface area contributed by atoms with Crippen LogP contribution >= 0.6 is 0 Å². The minimum atomic E-state index is -0.694. The quantitative estimate of drug-likeness (QED) is 0.335. The van der Waals surface area contributed by atoms with Crippen LogP contribution in [0.3, 0.4) is 0 Å². The highest BCUT2D eigenvalue weighted by Gasteiger charge is 2.36. The lowest BCUT2D eigenvalue weighted by Crippen LogP contribution is -2.48. The molecule has 0 bridgehead atoms. The zero-order valence-corrected chi connectivity index (χ0v) is 27.3. The molecule has 254 valence electrons. The van der Waals surface area contributed by atoms with Gasteiger partial charge in [0.1, 0.15) is 11.5 Å². The summed E-state index contributed by atoms with van der Waals surface area (Å²) < 4.78 is 29.4. The predicted octanol–water partition coefficient (Wildman–Crippen LogP) is 6.07. The number of fused-ring (bicyclic) bond motifs is 1. The summed E-state index contributed by atoms with van der Waals surface area (Å²) in [5.74, 6) is 0.413. The van der Waals surface area contributed by atoms with Crippen molar-refractivity contribution in [2.45, 2.75) is 108 Å². The van der Waals surface area contributed by atoms with Crippen molar-refractivity contribution >= 4 is 29.1 Å². The molecule has 11 heteroatoms. The van der Waals surface area contributed by atoms with E-state index in [1.165, 1.54) is 44.1 Å². The first-order valence-corrected chi connectivity index (χ1v) is 18.0. The fraction of sp³-hybridized carbons (Fsp3) is 0.667. The first kappa shape index (κ1) is 32.4. The Kier molecular flexibility index (Phi) is 10.00. The third-order valence-electron chi connectivity index (χ3n) is 11.4. The van der Waals surface area contributed by atoms with E-state index >= 15 is 0 Å². The topological polar surface area (TPSA) is 106 Å². The summed E-state index contributed by atoms with van der Waals surface area (Å²) in [6.07, 6.45) is 14.6. The number of hydrogen-bond donors (Lipinski definition) is 3. The number of aliphatic imine (C=N–C) groups is 1. The first-order valence-electron chi connectivity index (χ1n) is 18.0. The molecular weight excluding hydrogens is 600 g/mol. The highest BCUT2D eigenvalue weighted by molar-refractivity contribution is 6.01. The van der Waals surface area contributed by atoms with Gasteiger partial charge in [0.25, 0.3) is 0 Å². The Bertz CT molecular complexity index is 1410. The lowest BCUT2D eigenvalue weighted by molar-refractivity contribution is -0.138. The van der Waals surface area contributed by atoms with Crippen LogP contribution in [0, 0.1) is 29.4 Å². The van der Waals surface area contributed by atoms with Gasteiger partial charge in [-0.3, -0.25) is 4.79 Å². The van der Waals surface area contributed by atoms with E-state index in [9.17, 15) is 18.7 Å². The summed E-state index contributed by atoms with van der Waals surface area (Å²) in [5.41, 5.74) is 1.27. The summed E-state index contributed by atoms with van der Waals surface area (Å²) in [4.78, 5) is 32.1. The zero-order valence-electron chi connectivity index (χ0n) is 27.3. The number of aliphatic hydroxyl groups is 1. The average Bonchev–Trinajstić information content (AvgIpc) is 3.63. The van der Waals surface area contributed by atoms with E-state index in [1.54, 1.807) is 6.20 Å². The molecule has 3 N–H and O–H groups in total. The van der Waals surface area contributed by atoms with E-state index in [-0.39, 0.29) is 29.7 Å². The summed E-state index contributed by atoms with van der Waals surface area (Å²) >= 11 is 0. The van der Waals surface area contributed by atoms with Gasteiger partial charge in [-0.25, -0.2) is 23.7 Å². The van der Waals surface area contributed by atoms with Gasteiger partial charge in [-0.05, 0) is 115 Å². The number of hydrogen-bond acceptors (Lipinski definition) is 7. The number of aromatic nitrogens is 2. The van der Waals surface area contributed by atoms with Crippen LogP contribution in [0.1, 0.15) is 89.2 Å². The van der Waals surface area contributed by atoms with Gasteiger partial charge in [0.05, 0.1) is 23.7 Å². The highest BCUT2D eigenvalue weighted by Crippen LogP contribution is 2.38.